The summed E-state index contributed by atoms with van der Waals surface area (Å²) in [6.45, 7) is 12.7. The number of aromatic nitrogens is 2. The van der Waals surface area contributed by atoms with Gasteiger partial charge in [0.05, 0.1) is 24.1 Å². The molecule has 1 saturated heterocycles. The van der Waals surface area contributed by atoms with Crippen LogP contribution < -0.4 is 20.9 Å². The first-order chi connectivity index (χ1) is 17.5. The van der Waals surface area contributed by atoms with Crippen LogP contribution in [0.4, 0.5) is 17.2 Å². The van der Waals surface area contributed by atoms with Gasteiger partial charge in [0, 0.05) is 52.6 Å². The van der Waals surface area contributed by atoms with Gasteiger partial charge in [-0.1, -0.05) is 56.3 Å². The summed E-state index contributed by atoms with van der Waals surface area (Å²) in [6, 6.07) is 9.18. The lowest BCUT2D eigenvalue weighted by Crippen LogP contribution is -2.43. The van der Waals surface area contributed by atoms with Crippen molar-refractivity contribution in [3.8, 4) is 0 Å². The molecule has 1 atom stereocenters. The third kappa shape index (κ3) is 5.11. The zero-order valence-electron chi connectivity index (χ0n) is 21.4. The SMILES string of the molecule is C=C(Nc1ccccc1N1CCC(NCCC)CC1)C1=CNc2c(C3(C)C=CC(Cl)=CC3)cnn2C1. The van der Waals surface area contributed by atoms with Crippen LogP contribution >= 0.6 is 11.6 Å². The monoisotopic (exact) mass is 504 g/mol. The van der Waals surface area contributed by atoms with Gasteiger partial charge in [-0.2, -0.15) is 5.10 Å². The Labute approximate surface area is 219 Å². The molecule has 3 N–H and O–H groups in total. The molecule has 7 heteroatoms. The Balaban J connectivity index is 1.25. The normalized spacial score (nSPS) is 21.9. The average molecular weight is 505 g/mol. The molecule has 36 heavy (non-hydrogen) atoms. The van der Waals surface area contributed by atoms with Gasteiger partial charge in [-0.25, -0.2) is 4.68 Å². The standard InChI is InChI=1S/C29H37ClN6/c1-4-15-31-24-11-16-35(17-12-24)27-8-6-5-7-26(27)34-21(2)22-18-32-28-25(19-33-36(28)20-22)29(3)13-9-23(30)10-14-29/h5-10,13,18-19,24,31-32,34H,2,4,11-12,14-17,20H2,1,3H3. The maximum Gasteiger partial charge on any atom is 0.132 e. The van der Waals surface area contributed by atoms with E-state index in [-0.39, 0.29) is 5.41 Å². The van der Waals surface area contributed by atoms with Crippen molar-refractivity contribution in [3.05, 3.63) is 83.3 Å². The van der Waals surface area contributed by atoms with Crippen molar-refractivity contribution >= 4 is 28.8 Å². The molecular weight excluding hydrogens is 468 g/mol. The quantitative estimate of drug-likeness (QED) is 0.404. The number of nitrogens with zero attached hydrogens (tertiary/aromatic N) is 3. The fraction of sp³-hybridized carbons (Fsp3) is 0.414. The van der Waals surface area contributed by atoms with Crippen LogP contribution in [0.15, 0.2) is 77.8 Å². The topological polar surface area (TPSA) is 57.1 Å². The Morgan fingerprint density at radius 1 is 1.28 bits per heavy atom. The molecule has 1 fully saturated rings. The van der Waals surface area contributed by atoms with Crippen LogP contribution in [0, 0.1) is 0 Å². The first-order valence-corrected chi connectivity index (χ1v) is 13.4. The molecule has 0 amide bonds. The van der Waals surface area contributed by atoms with E-state index in [2.05, 4.69) is 83.9 Å². The molecular formula is C29H37ClN6. The predicted octanol–water partition coefficient (Wildman–Crippen LogP) is 6.13. The predicted molar refractivity (Wildman–Crippen MR) is 152 cm³/mol. The van der Waals surface area contributed by atoms with Crippen LogP contribution in [0.25, 0.3) is 0 Å². The molecule has 2 aromatic rings. The van der Waals surface area contributed by atoms with Gasteiger partial charge < -0.3 is 20.9 Å². The second kappa shape index (κ2) is 10.6. The molecule has 0 spiro atoms. The van der Waals surface area contributed by atoms with E-state index in [1.54, 1.807) is 0 Å². The summed E-state index contributed by atoms with van der Waals surface area (Å²) in [7, 11) is 0. The van der Waals surface area contributed by atoms with Gasteiger partial charge in [-0.3, -0.25) is 0 Å². The van der Waals surface area contributed by atoms with Gasteiger partial charge in [0.1, 0.15) is 5.82 Å². The number of anilines is 3. The van der Waals surface area contributed by atoms with E-state index in [0.717, 1.165) is 53.9 Å². The first-order valence-electron chi connectivity index (χ1n) is 13.1. The summed E-state index contributed by atoms with van der Waals surface area (Å²) >= 11 is 6.16. The number of nitrogens with one attached hydrogen (secondary N) is 3. The molecule has 1 aromatic carbocycles. The Kier molecular flexibility index (Phi) is 7.26. The highest BCUT2D eigenvalue weighted by atomic mass is 35.5. The van der Waals surface area contributed by atoms with Gasteiger partial charge >= 0.3 is 0 Å². The third-order valence-electron chi connectivity index (χ3n) is 7.59. The zero-order chi connectivity index (χ0) is 25.1. The number of hydrogen-bond acceptors (Lipinski definition) is 5. The maximum atomic E-state index is 6.16. The number of allylic oxidation sites excluding steroid dienone is 5. The van der Waals surface area contributed by atoms with Crippen molar-refractivity contribution in [1.29, 1.82) is 0 Å². The van der Waals surface area contributed by atoms with E-state index < -0.39 is 0 Å². The molecule has 6 nitrogen and oxygen atoms in total. The molecule has 2 aliphatic heterocycles. The second-order valence-electron chi connectivity index (χ2n) is 10.3. The van der Waals surface area contributed by atoms with E-state index in [0.29, 0.717) is 12.6 Å². The van der Waals surface area contributed by atoms with E-state index in [1.165, 1.54) is 30.5 Å². The number of halogens is 1. The lowest BCUT2D eigenvalue weighted by molar-refractivity contribution is 0.416. The summed E-state index contributed by atoms with van der Waals surface area (Å²) in [5, 5.41) is 16.3. The molecule has 1 unspecified atom stereocenters. The lowest BCUT2D eigenvalue weighted by atomic mass is 9.78. The highest BCUT2D eigenvalue weighted by Crippen LogP contribution is 2.40. The van der Waals surface area contributed by atoms with Crippen LogP contribution in [-0.4, -0.2) is 35.5 Å². The molecule has 0 saturated carbocycles. The second-order valence-corrected chi connectivity index (χ2v) is 10.7. The number of rotatable bonds is 8. The first kappa shape index (κ1) is 24.7. The largest absolute Gasteiger partial charge is 0.370 e. The van der Waals surface area contributed by atoms with Gasteiger partial charge in [0.25, 0.3) is 0 Å². The number of fused-ring (bicyclic) bond motifs is 1. The Hall–Kier alpha value is -2.96. The molecule has 1 aromatic heterocycles. The third-order valence-corrected chi connectivity index (χ3v) is 7.87. The van der Waals surface area contributed by atoms with Crippen molar-refractivity contribution in [2.24, 2.45) is 0 Å². The van der Waals surface area contributed by atoms with E-state index in [4.69, 9.17) is 16.7 Å². The van der Waals surface area contributed by atoms with E-state index >= 15 is 0 Å². The van der Waals surface area contributed by atoms with Gasteiger partial charge in [-0.05, 0) is 50.4 Å². The lowest BCUT2D eigenvalue weighted by Gasteiger charge is -2.35. The van der Waals surface area contributed by atoms with Crippen LogP contribution in [-0.2, 0) is 12.0 Å². The number of piperidine rings is 1. The highest BCUT2D eigenvalue weighted by molar-refractivity contribution is 6.31. The van der Waals surface area contributed by atoms with Gasteiger partial charge in [-0.15, -0.1) is 0 Å². The minimum absolute atomic E-state index is 0.127. The fourth-order valence-corrected chi connectivity index (χ4v) is 5.44. The Morgan fingerprint density at radius 2 is 2.08 bits per heavy atom. The summed E-state index contributed by atoms with van der Waals surface area (Å²) < 4.78 is 2.02. The van der Waals surface area contributed by atoms with Gasteiger partial charge in [0.15, 0.2) is 0 Å². The molecule has 190 valence electrons. The average Bonchev–Trinajstić information content (AvgIpc) is 3.34. The molecule has 0 bridgehead atoms. The van der Waals surface area contributed by atoms with Crippen LogP contribution in [0.2, 0.25) is 0 Å². The number of hydrogen-bond donors (Lipinski definition) is 3. The summed E-state index contributed by atoms with van der Waals surface area (Å²) in [4.78, 5) is 2.49. The van der Waals surface area contributed by atoms with Crippen molar-refractivity contribution in [2.45, 2.75) is 57.5 Å². The van der Waals surface area contributed by atoms with Crippen LogP contribution in [0.3, 0.4) is 0 Å². The highest BCUT2D eigenvalue weighted by Gasteiger charge is 2.31. The maximum absolute atomic E-state index is 6.16. The van der Waals surface area contributed by atoms with E-state index in [1.807, 2.05) is 17.0 Å². The fourth-order valence-electron chi connectivity index (χ4n) is 5.30. The van der Waals surface area contributed by atoms with E-state index in [9.17, 15) is 0 Å². The summed E-state index contributed by atoms with van der Waals surface area (Å²) in [5.74, 6) is 1.03. The molecule has 3 aliphatic rings. The minimum Gasteiger partial charge on any atom is -0.370 e. The van der Waals surface area contributed by atoms with Crippen molar-refractivity contribution in [2.75, 3.05) is 35.2 Å². The molecule has 0 radical (unpaired) electrons. The van der Waals surface area contributed by atoms with Crippen molar-refractivity contribution < 1.29 is 0 Å². The van der Waals surface area contributed by atoms with Crippen LogP contribution in [0.1, 0.15) is 45.1 Å². The molecule has 3 heterocycles. The smallest absolute Gasteiger partial charge is 0.132 e. The number of para-hydroxylation sites is 2. The number of benzene rings is 1. The Morgan fingerprint density at radius 3 is 2.83 bits per heavy atom. The van der Waals surface area contributed by atoms with Gasteiger partial charge in [0.2, 0.25) is 0 Å². The molecule has 5 rings (SSSR count). The van der Waals surface area contributed by atoms with Crippen molar-refractivity contribution in [1.82, 2.24) is 15.1 Å². The minimum atomic E-state index is -0.127. The zero-order valence-corrected chi connectivity index (χ0v) is 22.1. The van der Waals surface area contributed by atoms with Crippen molar-refractivity contribution in [3.63, 3.8) is 0 Å². The van der Waals surface area contributed by atoms with Crippen LogP contribution in [0.5, 0.6) is 0 Å². The molecule has 1 aliphatic carbocycles. The Bertz CT molecular complexity index is 1200. The summed E-state index contributed by atoms with van der Waals surface area (Å²) in [6.07, 6.45) is 14.6. The summed E-state index contributed by atoms with van der Waals surface area (Å²) in [5.41, 5.74) is 5.35.